The van der Waals surface area contributed by atoms with Gasteiger partial charge in [0.05, 0.1) is 0 Å². The zero-order valence-corrected chi connectivity index (χ0v) is 9.25. The summed E-state index contributed by atoms with van der Waals surface area (Å²) in [5.41, 5.74) is 8.02. The largest absolute Gasteiger partial charge is 0.460 e. The first-order valence-electron chi connectivity index (χ1n) is 4.83. The predicted octanol–water partition coefficient (Wildman–Crippen LogP) is 3.45. The van der Waals surface area contributed by atoms with Gasteiger partial charge in [-0.2, -0.15) is 0 Å². The van der Waals surface area contributed by atoms with Gasteiger partial charge in [-0.15, -0.1) is 0 Å². The maximum atomic E-state index is 11.5. The van der Waals surface area contributed by atoms with Crippen molar-refractivity contribution in [2.45, 2.75) is 33.4 Å². The highest BCUT2D eigenvalue weighted by molar-refractivity contribution is 5.79. The van der Waals surface area contributed by atoms with Crippen LogP contribution in [0.5, 0.6) is 0 Å². The molecule has 0 spiro atoms. The second kappa shape index (κ2) is 6.55. The van der Waals surface area contributed by atoms with Crippen molar-refractivity contribution in [3.05, 3.63) is 46.3 Å². The molecule has 0 amide bonds. The Labute approximate surface area is 101 Å². The molecular weight excluding hydrogens is 218 g/mol. The molecule has 0 atom stereocenters. The minimum absolute atomic E-state index is 0. The van der Waals surface area contributed by atoms with E-state index in [9.17, 15) is 4.79 Å². The Kier molecular flexibility index (Phi) is 5.78. The van der Waals surface area contributed by atoms with Crippen LogP contribution < -0.4 is 0 Å². The summed E-state index contributed by atoms with van der Waals surface area (Å²) in [6.45, 7) is 3.21. The molecule has 0 aliphatic carbocycles. The number of hydrogen-bond donors (Lipinski definition) is 0. The molecule has 0 saturated carbocycles. The molecule has 0 aliphatic heterocycles. The van der Waals surface area contributed by atoms with E-state index in [1.807, 2.05) is 30.3 Å². The molecule has 92 valence electrons. The Morgan fingerprint density at radius 2 is 2.00 bits per heavy atom. The molecule has 0 aromatic heterocycles. The van der Waals surface area contributed by atoms with Crippen molar-refractivity contribution >= 4 is 5.97 Å². The summed E-state index contributed by atoms with van der Waals surface area (Å²) in [6, 6.07) is 9.32. The monoisotopic (exact) mass is 235 g/mol. The average Bonchev–Trinajstić information content (AvgIpc) is 2.27. The lowest BCUT2D eigenvalue weighted by Gasteiger charge is -2.15. The van der Waals surface area contributed by atoms with Crippen LogP contribution in [0.1, 0.15) is 26.8 Å². The number of esters is 1. The molecule has 0 bridgehead atoms. The second-order valence-electron chi connectivity index (χ2n) is 3.81. The first-order chi connectivity index (χ1) is 7.56. The average molecular weight is 235 g/mol. The van der Waals surface area contributed by atoms with E-state index in [-0.39, 0.29) is 14.0 Å². The predicted molar refractivity (Wildman–Crippen MR) is 66.2 cm³/mol. The molecule has 0 fully saturated rings. The maximum Gasteiger partial charge on any atom is 0.317 e. The second-order valence-corrected chi connectivity index (χ2v) is 3.81. The lowest BCUT2D eigenvalue weighted by Crippen LogP contribution is -2.30. The van der Waals surface area contributed by atoms with Crippen LogP contribution in [0.15, 0.2) is 35.4 Å². The minimum Gasteiger partial charge on any atom is -0.460 e. The smallest absolute Gasteiger partial charge is 0.317 e. The fourth-order valence-electron chi connectivity index (χ4n) is 1.05. The van der Waals surface area contributed by atoms with Crippen LogP contribution in [0.25, 0.3) is 10.4 Å². The van der Waals surface area contributed by atoms with Gasteiger partial charge in [-0.05, 0) is 24.9 Å². The molecule has 0 unspecified atom stereocenters. The van der Waals surface area contributed by atoms with Crippen LogP contribution in [0.3, 0.4) is 0 Å². The summed E-state index contributed by atoms with van der Waals surface area (Å²) in [4.78, 5) is 14.1. The van der Waals surface area contributed by atoms with Gasteiger partial charge in [0.25, 0.3) is 0 Å². The van der Waals surface area contributed by atoms with Crippen LogP contribution >= 0.6 is 0 Å². The van der Waals surface area contributed by atoms with Gasteiger partial charge in [0, 0.05) is 4.91 Å². The molecule has 0 N–H and O–H groups in total. The third-order valence-corrected chi connectivity index (χ3v) is 2.01. The van der Waals surface area contributed by atoms with Gasteiger partial charge in [0.15, 0.2) is 0 Å². The van der Waals surface area contributed by atoms with E-state index >= 15 is 0 Å². The van der Waals surface area contributed by atoms with Gasteiger partial charge in [0.2, 0.25) is 0 Å². The minimum atomic E-state index is -1.16. The van der Waals surface area contributed by atoms with Gasteiger partial charge in [-0.3, -0.25) is 4.79 Å². The topological polar surface area (TPSA) is 75.1 Å². The number of benzene rings is 1. The lowest BCUT2D eigenvalue weighted by atomic mass is 10.1. The molecule has 0 saturated heterocycles. The van der Waals surface area contributed by atoms with Crippen LogP contribution in [0.4, 0.5) is 0 Å². The SMILES string of the molecule is C.CC(C)(N=[N+]=[N-])C(=O)OCc1ccccc1. The first-order valence-corrected chi connectivity index (χ1v) is 4.83. The highest BCUT2D eigenvalue weighted by Crippen LogP contribution is 2.13. The summed E-state index contributed by atoms with van der Waals surface area (Å²) >= 11 is 0. The van der Waals surface area contributed by atoms with Gasteiger partial charge in [0.1, 0.15) is 12.1 Å². The molecule has 17 heavy (non-hydrogen) atoms. The summed E-state index contributed by atoms with van der Waals surface area (Å²) < 4.78 is 5.04. The van der Waals surface area contributed by atoms with E-state index in [0.717, 1.165) is 5.56 Å². The Balaban J connectivity index is 0.00000256. The summed E-state index contributed by atoms with van der Waals surface area (Å²) in [6.07, 6.45) is 0. The van der Waals surface area contributed by atoms with Crippen molar-refractivity contribution in [3.8, 4) is 0 Å². The van der Waals surface area contributed by atoms with Crippen molar-refractivity contribution in [1.29, 1.82) is 0 Å². The van der Waals surface area contributed by atoms with Gasteiger partial charge in [-0.25, -0.2) is 0 Å². The van der Waals surface area contributed by atoms with Crippen LogP contribution in [0, 0.1) is 0 Å². The molecule has 1 rings (SSSR count). The van der Waals surface area contributed by atoms with Gasteiger partial charge < -0.3 is 4.74 Å². The van der Waals surface area contributed by atoms with Crippen LogP contribution in [-0.2, 0) is 16.1 Å². The van der Waals surface area contributed by atoms with Crippen molar-refractivity contribution < 1.29 is 9.53 Å². The van der Waals surface area contributed by atoms with Crippen LogP contribution in [-0.4, -0.2) is 11.5 Å². The molecule has 1 aromatic rings. The van der Waals surface area contributed by atoms with E-state index in [1.54, 1.807) is 0 Å². The quantitative estimate of drug-likeness (QED) is 0.347. The number of carbonyl (C=O) groups excluding carboxylic acids is 1. The number of carbonyl (C=O) groups is 1. The Bertz CT molecular complexity index is 409. The molecule has 0 heterocycles. The number of azide groups is 1. The normalized spacial score (nSPS) is 9.76. The number of nitrogens with zero attached hydrogens (tertiary/aromatic N) is 3. The van der Waals surface area contributed by atoms with Crippen molar-refractivity contribution in [2.24, 2.45) is 5.11 Å². The van der Waals surface area contributed by atoms with E-state index < -0.39 is 11.5 Å². The lowest BCUT2D eigenvalue weighted by molar-refractivity contribution is -0.150. The Hall–Kier alpha value is -2.00. The van der Waals surface area contributed by atoms with E-state index in [0.29, 0.717) is 0 Å². The van der Waals surface area contributed by atoms with E-state index in [4.69, 9.17) is 10.3 Å². The molecule has 0 radical (unpaired) electrons. The summed E-state index contributed by atoms with van der Waals surface area (Å²) in [5.74, 6) is -0.533. The fraction of sp³-hybridized carbons (Fsp3) is 0.417. The van der Waals surface area contributed by atoms with E-state index in [2.05, 4.69) is 10.0 Å². The highest BCUT2D eigenvalue weighted by Gasteiger charge is 2.27. The van der Waals surface area contributed by atoms with Gasteiger partial charge >= 0.3 is 5.97 Å². The van der Waals surface area contributed by atoms with Crippen molar-refractivity contribution in [3.63, 3.8) is 0 Å². The third-order valence-electron chi connectivity index (χ3n) is 2.01. The van der Waals surface area contributed by atoms with Crippen molar-refractivity contribution in [2.75, 3.05) is 0 Å². The standard InChI is InChI=1S/C11H13N3O2.CH4/c1-11(2,13-14-12)10(15)16-8-9-6-4-3-5-7-9;/h3-7H,8H2,1-2H3;1H4. The van der Waals surface area contributed by atoms with Crippen LogP contribution in [0.2, 0.25) is 0 Å². The number of hydrogen-bond acceptors (Lipinski definition) is 3. The maximum absolute atomic E-state index is 11.5. The molecule has 0 aliphatic rings. The third kappa shape index (κ3) is 4.57. The zero-order chi connectivity index (χ0) is 12.0. The molecule has 5 nitrogen and oxygen atoms in total. The van der Waals surface area contributed by atoms with Gasteiger partial charge in [-0.1, -0.05) is 42.9 Å². The zero-order valence-electron chi connectivity index (χ0n) is 9.25. The highest BCUT2D eigenvalue weighted by atomic mass is 16.5. The molecule has 1 aromatic carbocycles. The van der Waals surface area contributed by atoms with E-state index in [1.165, 1.54) is 13.8 Å². The molecular formula is C12H17N3O2. The summed E-state index contributed by atoms with van der Waals surface area (Å²) in [5, 5.41) is 3.37. The van der Waals surface area contributed by atoms with Crippen molar-refractivity contribution in [1.82, 2.24) is 0 Å². The fourth-order valence-corrected chi connectivity index (χ4v) is 1.05. The Morgan fingerprint density at radius 3 is 2.53 bits per heavy atom. The first kappa shape index (κ1) is 15.0. The molecule has 5 heteroatoms. The Morgan fingerprint density at radius 1 is 1.41 bits per heavy atom. The summed E-state index contributed by atoms with van der Waals surface area (Å²) in [7, 11) is 0. The number of ether oxygens (including phenoxy) is 1. The number of rotatable bonds is 4.